The lowest BCUT2D eigenvalue weighted by Gasteiger charge is -2.18. The van der Waals surface area contributed by atoms with E-state index in [4.69, 9.17) is 14.2 Å². The lowest BCUT2D eigenvalue weighted by Crippen LogP contribution is -2.30. The van der Waals surface area contributed by atoms with Crippen LogP contribution in [0.2, 0.25) is 0 Å². The van der Waals surface area contributed by atoms with Gasteiger partial charge in [0.05, 0.1) is 0 Å². The Labute approximate surface area is 476 Å². The minimum Gasteiger partial charge on any atom is -0.462 e. The lowest BCUT2D eigenvalue weighted by molar-refractivity contribution is -0.166. The monoisotopic (exact) mass is 1070 g/mol. The minimum atomic E-state index is -0.824. The number of unbranched alkanes of at least 4 members (excludes halogenated alkanes) is 29. The van der Waals surface area contributed by atoms with Gasteiger partial charge in [0, 0.05) is 19.3 Å². The first-order chi connectivity index (χ1) is 38.0. The number of hydrogen-bond donors (Lipinski definition) is 0. The van der Waals surface area contributed by atoms with Crippen LogP contribution in [-0.2, 0) is 28.6 Å². The quantitative estimate of drug-likeness (QED) is 0.0261. The number of allylic oxidation sites excluding steroid dienone is 18. The molecule has 0 radical (unpaired) electrons. The van der Waals surface area contributed by atoms with Gasteiger partial charge in [-0.05, 0) is 116 Å². The van der Waals surface area contributed by atoms with Crippen LogP contribution < -0.4 is 0 Å². The van der Waals surface area contributed by atoms with Crippen molar-refractivity contribution in [2.24, 2.45) is 0 Å². The Morgan fingerprint density at radius 3 is 0.857 bits per heavy atom. The molecule has 77 heavy (non-hydrogen) atoms. The molecule has 0 heterocycles. The summed E-state index contributed by atoms with van der Waals surface area (Å²) in [7, 11) is 0. The molecule has 6 heteroatoms. The van der Waals surface area contributed by atoms with Crippen LogP contribution in [0.3, 0.4) is 0 Å². The maximum Gasteiger partial charge on any atom is 0.306 e. The van der Waals surface area contributed by atoms with Crippen LogP contribution in [0.25, 0.3) is 0 Å². The Hall–Kier alpha value is -3.93. The first-order valence-corrected chi connectivity index (χ1v) is 32.4. The number of ether oxygens (including phenoxy) is 3. The smallest absolute Gasteiger partial charge is 0.306 e. The molecular weight excluding hydrogens is 949 g/mol. The third-order valence-corrected chi connectivity index (χ3v) is 13.7. The van der Waals surface area contributed by atoms with Gasteiger partial charge >= 0.3 is 17.9 Å². The fourth-order valence-electron chi connectivity index (χ4n) is 8.91. The highest BCUT2D eigenvalue weighted by atomic mass is 16.6. The van der Waals surface area contributed by atoms with Crippen molar-refractivity contribution in [3.63, 3.8) is 0 Å². The Morgan fingerprint density at radius 1 is 0.273 bits per heavy atom. The molecule has 1 atom stereocenters. The van der Waals surface area contributed by atoms with Crippen molar-refractivity contribution in [1.82, 2.24) is 0 Å². The maximum atomic E-state index is 12.9. The molecule has 0 aliphatic heterocycles. The lowest BCUT2D eigenvalue weighted by atomic mass is 10.1. The Morgan fingerprint density at radius 2 is 0.532 bits per heavy atom. The van der Waals surface area contributed by atoms with Crippen molar-refractivity contribution in [2.45, 2.75) is 309 Å². The van der Waals surface area contributed by atoms with Crippen LogP contribution in [0.5, 0.6) is 0 Å². The van der Waals surface area contributed by atoms with E-state index in [1.165, 1.54) is 173 Å². The van der Waals surface area contributed by atoms with E-state index >= 15 is 0 Å². The summed E-state index contributed by atoms with van der Waals surface area (Å²) in [6.07, 6.45) is 88.2. The molecule has 0 fully saturated rings. The van der Waals surface area contributed by atoms with E-state index in [0.29, 0.717) is 19.3 Å². The van der Waals surface area contributed by atoms with Crippen LogP contribution in [0.1, 0.15) is 303 Å². The molecule has 0 aliphatic carbocycles. The molecule has 0 aromatic heterocycles. The molecule has 0 saturated heterocycles. The van der Waals surface area contributed by atoms with E-state index in [0.717, 1.165) is 83.5 Å². The SMILES string of the molecule is CC/C=C\C/C=C\C/C=C\C/C=C\C/C=C\C/C=C\CCC(=O)OC(COC(=O)CCCCCCCCCCC/C=C\C/C=C\CCCCCCC)COC(=O)CCCCCCCCCCC/C=C\CCCCCCCC. The van der Waals surface area contributed by atoms with Gasteiger partial charge in [-0.15, -0.1) is 0 Å². The van der Waals surface area contributed by atoms with Gasteiger partial charge in [0.15, 0.2) is 6.10 Å². The molecule has 0 aromatic carbocycles. The molecule has 0 saturated carbocycles. The molecule has 0 spiro atoms. The summed E-state index contributed by atoms with van der Waals surface area (Å²) in [5.74, 6) is -0.994. The standard InChI is InChI=1S/C71H120O6/c1-4-7-10-13-16-19-22-25-28-31-34-35-38-40-43-46-49-52-55-58-61-64-70(73)76-67-68(77-71(74)65-62-59-56-53-50-47-44-41-37-33-30-27-24-21-18-15-12-9-6-3)66-75-69(72)63-60-57-54-51-48-45-42-39-36-32-29-26-23-20-17-14-11-8-5-2/h9,12,18,21-22,25-27,29-31,34,37,41,47,50,56,59,68H,4-8,10-11,13-17,19-20,23-24,28,32-33,35-36,38-40,42-46,48-49,51-55,57-58,60-67H2,1-3H3/b12-9-,21-18-,25-22-,29-26-,30-27-,34-31-,41-37-,50-47-,59-56-. The van der Waals surface area contributed by atoms with Gasteiger partial charge < -0.3 is 14.2 Å². The molecular formula is C71H120O6. The summed E-state index contributed by atoms with van der Waals surface area (Å²) in [4.78, 5) is 38.3. The molecule has 0 rings (SSSR count). The molecule has 6 nitrogen and oxygen atoms in total. The van der Waals surface area contributed by atoms with Crippen LogP contribution in [0.4, 0.5) is 0 Å². The van der Waals surface area contributed by atoms with E-state index in [-0.39, 0.29) is 31.6 Å². The maximum absolute atomic E-state index is 12.9. The van der Waals surface area contributed by atoms with Crippen molar-refractivity contribution in [1.29, 1.82) is 0 Å². The first kappa shape index (κ1) is 73.1. The summed E-state index contributed by atoms with van der Waals surface area (Å²) in [6, 6.07) is 0. The highest BCUT2D eigenvalue weighted by molar-refractivity contribution is 5.71. The normalized spacial score (nSPS) is 12.8. The van der Waals surface area contributed by atoms with Gasteiger partial charge in [0.2, 0.25) is 0 Å². The summed E-state index contributed by atoms with van der Waals surface area (Å²) in [5, 5.41) is 0. The Kier molecular flexibility index (Phi) is 61.3. The first-order valence-electron chi connectivity index (χ1n) is 32.4. The second-order valence-corrected chi connectivity index (χ2v) is 21.3. The van der Waals surface area contributed by atoms with E-state index in [2.05, 4.69) is 124 Å². The zero-order valence-corrected chi connectivity index (χ0v) is 50.4. The van der Waals surface area contributed by atoms with Crippen LogP contribution >= 0.6 is 0 Å². The van der Waals surface area contributed by atoms with Gasteiger partial charge in [0.25, 0.3) is 0 Å². The van der Waals surface area contributed by atoms with Crippen molar-refractivity contribution >= 4 is 17.9 Å². The topological polar surface area (TPSA) is 78.9 Å². The zero-order chi connectivity index (χ0) is 55.7. The molecule has 0 amide bonds. The summed E-state index contributed by atoms with van der Waals surface area (Å²) in [5.41, 5.74) is 0. The summed E-state index contributed by atoms with van der Waals surface area (Å²) < 4.78 is 16.9. The van der Waals surface area contributed by atoms with Crippen LogP contribution in [0, 0.1) is 0 Å². The summed E-state index contributed by atoms with van der Waals surface area (Å²) in [6.45, 7) is 6.47. The van der Waals surface area contributed by atoms with Crippen molar-refractivity contribution in [3.05, 3.63) is 109 Å². The highest BCUT2D eigenvalue weighted by Gasteiger charge is 2.19. The fourth-order valence-corrected chi connectivity index (χ4v) is 8.91. The van der Waals surface area contributed by atoms with Crippen molar-refractivity contribution < 1.29 is 28.6 Å². The van der Waals surface area contributed by atoms with Crippen LogP contribution in [0.15, 0.2) is 109 Å². The number of rotatable bonds is 58. The third kappa shape index (κ3) is 62.8. The molecule has 0 aromatic rings. The van der Waals surface area contributed by atoms with E-state index in [1.54, 1.807) is 0 Å². The Balaban J connectivity index is 4.49. The molecule has 0 N–H and O–H groups in total. The number of esters is 3. The second kappa shape index (κ2) is 64.6. The van der Waals surface area contributed by atoms with Gasteiger partial charge in [0.1, 0.15) is 13.2 Å². The highest BCUT2D eigenvalue weighted by Crippen LogP contribution is 2.15. The molecule has 0 bridgehead atoms. The van der Waals surface area contributed by atoms with Crippen molar-refractivity contribution in [2.75, 3.05) is 13.2 Å². The van der Waals surface area contributed by atoms with Gasteiger partial charge in [-0.3, -0.25) is 14.4 Å². The predicted molar refractivity (Wildman–Crippen MR) is 334 cm³/mol. The number of hydrogen-bond acceptors (Lipinski definition) is 6. The second-order valence-electron chi connectivity index (χ2n) is 21.3. The molecule has 1 unspecified atom stereocenters. The van der Waals surface area contributed by atoms with Gasteiger partial charge in [-0.25, -0.2) is 0 Å². The van der Waals surface area contributed by atoms with E-state index in [1.807, 2.05) is 6.08 Å². The number of carbonyl (C=O) groups is 3. The largest absolute Gasteiger partial charge is 0.462 e. The fraction of sp³-hybridized carbons (Fsp3) is 0.704. The minimum absolute atomic E-state index is 0.111. The average molecular weight is 1070 g/mol. The molecule has 440 valence electrons. The number of carbonyl (C=O) groups excluding carboxylic acids is 3. The average Bonchev–Trinajstić information content (AvgIpc) is 3.43. The van der Waals surface area contributed by atoms with Gasteiger partial charge in [-0.2, -0.15) is 0 Å². The summed E-state index contributed by atoms with van der Waals surface area (Å²) >= 11 is 0. The zero-order valence-electron chi connectivity index (χ0n) is 50.4. The van der Waals surface area contributed by atoms with E-state index < -0.39 is 12.1 Å². The molecule has 0 aliphatic rings. The third-order valence-electron chi connectivity index (χ3n) is 13.7. The van der Waals surface area contributed by atoms with Crippen molar-refractivity contribution in [3.8, 4) is 0 Å². The predicted octanol–water partition coefficient (Wildman–Crippen LogP) is 22.2. The van der Waals surface area contributed by atoms with Crippen LogP contribution in [-0.4, -0.2) is 37.2 Å². The van der Waals surface area contributed by atoms with E-state index in [9.17, 15) is 14.4 Å². The Bertz CT molecular complexity index is 1560. The van der Waals surface area contributed by atoms with Gasteiger partial charge in [-0.1, -0.05) is 278 Å².